The lowest BCUT2D eigenvalue weighted by atomic mass is 9.33. The van der Waals surface area contributed by atoms with Gasteiger partial charge in [0.05, 0.1) is 0 Å². The van der Waals surface area contributed by atoms with E-state index < -0.39 is 0 Å². The fourth-order valence-electron chi connectivity index (χ4n) is 14.2. The molecule has 3 heteroatoms. The maximum Gasteiger partial charge on any atom is 0.252 e. The summed E-state index contributed by atoms with van der Waals surface area (Å²) in [4.78, 5) is 5.49. The molecule has 0 saturated heterocycles. The summed E-state index contributed by atoms with van der Waals surface area (Å²) >= 11 is 0. The first-order valence-electron chi connectivity index (χ1n) is 25.2. The monoisotopic (exact) mass is 863 g/mol. The molecule has 2 aliphatic heterocycles. The first-order chi connectivity index (χ1) is 29.8. The lowest BCUT2D eigenvalue weighted by Gasteiger charge is -2.47. The Kier molecular flexibility index (Phi) is 9.10. The summed E-state index contributed by atoms with van der Waals surface area (Å²) in [6.45, 7) is 49.0. The molecular weight excluding hydrogens is 784 g/mol. The van der Waals surface area contributed by atoms with Crippen LogP contribution in [0.4, 0.5) is 34.1 Å². The smallest absolute Gasteiger partial charge is 0.252 e. The number of nitrogens with zero attached hydrogens (tertiary/aromatic N) is 2. The second-order valence-electron chi connectivity index (χ2n) is 27.8. The number of aryl methyl sites for hydroxylation is 2. The molecule has 340 valence electrons. The van der Waals surface area contributed by atoms with Crippen LogP contribution in [0.1, 0.15) is 206 Å². The van der Waals surface area contributed by atoms with Gasteiger partial charge in [-0.3, -0.25) is 0 Å². The molecule has 5 aromatic carbocycles. The van der Waals surface area contributed by atoms with Gasteiger partial charge in [-0.05, 0) is 191 Å². The summed E-state index contributed by atoms with van der Waals surface area (Å²) in [7, 11) is 0. The van der Waals surface area contributed by atoms with Crippen molar-refractivity contribution in [3.8, 4) is 0 Å². The Morgan fingerprint density at radius 1 is 0.385 bits per heavy atom. The average Bonchev–Trinajstić information content (AvgIpc) is 3.47. The quantitative estimate of drug-likeness (QED) is 0.160. The molecule has 3 aliphatic carbocycles. The van der Waals surface area contributed by atoms with Crippen LogP contribution >= 0.6 is 0 Å². The number of rotatable bonds is 2. The van der Waals surface area contributed by atoms with Gasteiger partial charge in [0.15, 0.2) is 0 Å². The van der Waals surface area contributed by atoms with Gasteiger partial charge in [0.25, 0.3) is 6.71 Å². The molecule has 0 saturated carbocycles. The summed E-state index contributed by atoms with van der Waals surface area (Å²) in [5.74, 6) is 0. The first kappa shape index (κ1) is 44.6. The van der Waals surface area contributed by atoms with Gasteiger partial charge >= 0.3 is 0 Å². The van der Waals surface area contributed by atoms with Gasteiger partial charge in [-0.2, -0.15) is 0 Å². The van der Waals surface area contributed by atoms with Crippen LogP contribution in [0.25, 0.3) is 0 Å². The zero-order valence-corrected chi connectivity index (χ0v) is 44.2. The average molecular weight is 863 g/mol. The standard InChI is InChI=1S/C62H79BN2/c1-36-25-40-43(58(11,12)24-23-57(40,9)10)31-50(36)65-51-33-45-42(60(15,16)35-62(45,19)20)30-47(51)63-46-27-38(55(3,4)5)21-22-48(46)64(52-28-39(56(6,7)8)29-53(65)54(52)63)49-32-44-41(26-37(49)2)59(13,14)34-61(44,17)18/h21-22,25-33H,23-24,34-35H2,1-20H3. The van der Waals surface area contributed by atoms with Crippen LogP contribution in [0.2, 0.25) is 0 Å². The molecule has 5 aromatic rings. The van der Waals surface area contributed by atoms with E-state index in [1.165, 1.54) is 119 Å². The van der Waals surface area contributed by atoms with E-state index >= 15 is 0 Å². The molecule has 0 spiro atoms. The SMILES string of the molecule is Cc1cc2c(cc1N1c3cc4c(cc3B3c5cc(C(C)(C)C)ccc5N(c5cc6c(cc5C)C(C)(C)CC6(C)C)c5cc(C(C)(C)C)cc1c53)C(C)(C)CC4(C)C)C(C)(C)CCC2(C)C. The lowest BCUT2D eigenvalue weighted by Crippen LogP contribution is -2.62. The zero-order chi connectivity index (χ0) is 47.3. The highest BCUT2D eigenvalue weighted by Gasteiger charge is 2.50. The summed E-state index contributed by atoms with van der Waals surface area (Å²) in [6.07, 6.45) is 4.69. The van der Waals surface area contributed by atoms with Gasteiger partial charge < -0.3 is 9.80 Å². The first-order valence-corrected chi connectivity index (χ1v) is 25.2. The van der Waals surface area contributed by atoms with E-state index in [1.54, 1.807) is 0 Å². The van der Waals surface area contributed by atoms with Crippen molar-refractivity contribution in [2.75, 3.05) is 9.80 Å². The van der Waals surface area contributed by atoms with Crippen molar-refractivity contribution in [1.82, 2.24) is 0 Å². The van der Waals surface area contributed by atoms with Crippen molar-refractivity contribution in [3.05, 3.63) is 122 Å². The Morgan fingerprint density at radius 3 is 1.22 bits per heavy atom. The highest BCUT2D eigenvalue weighted by molar-refractivity contribution is 7.00. The Morgan fingerprint density at radius 2 is 0.754 bits per heavy atom. The molecule has 65 heavy (non-hydrogen) atoms. The van der Waals surface area contributed by atoms with Gasteiger partial charge in [-0.1, -0.05) is 155 Å². The van der Waals surface area contributed by atoms with Crippen molar-refractivity contribution in [3.63, 3.8) is 0 Å². The Balaban J connectivity index is 1.37. The predicted molar refractivity (Wildman–Crippen MR) is 284 cm³/mol. The third kappa shape index (κ3) is 6.46. The molecule has 0 radical (unpaired) electrons. The number of hydrogen-bond donors (Lipinski definition) is 0. The third-order valence-corrected chi connectivity index (χ3v) is 17.6. The third-order valence-electron chi connectivity index (χ3n) is 17.6. The van der Waals surface area contributed by atoms with Crippen LogP contribution < -0.4 is 26.2 Å². The molecule has 5 aliphatic rings. The van der Waals surface area contributed by atoms with Gasteiger partial charge in [-0.15, -0.1) is 0 Å². The van der Waals surface area contributed by atoms with Crippen molar-refractivity contribution >= 4 is 57.2 Å². The number of benzene rings is 5. The molecule has 0 atom stereocenters. The van der Waals surface area contributed by atoms with Crippen LogP contribution in [0.3, 0.4) is 0 Å². The van der Waals surface area contributed by atoms with Gasteiger partial charge in [0.1, 0.15) is 0 Å². The van der Waals surface area contributed by atoms with E-state index in [4.69, 9.17) is 0 Å². The highest BCUT2D eigenvalue weighted by atomic mass is 15.2. The number of fused-ring (bicyclic) bond motifs is 7. The Labute approximate surface area is 395 Å². The highest BCUT2D eigenvalue weighted by Crippen LogP contribution is 2.57. The van der Waals surface area contributed by atoms with E-state index in [-0.39, 0.29) is 50.0 Å². The Bertz CT molecular complexity index is 2880. The number of anilines is 6. The molecule has 0 bridgehead atoms. The van der Waals surface area contributed by atoms with Crippen molar-refractivity contribution in [2.24, 2.45) is 0 Å². The molecule has 2 nitrogen and oxygen atoms in total. The van der Waals surface area contributed by atoms with E-state index in [0.29, 0.717) is 0 Å². The maximum atomic E-state index is 2.77. The van der Waals surface area contributed by atoms with Crippen LogP contribution in [-0.2, 0) is 43.3 Å². The Hall–Kier alpha value is -4.24. The molecule has 0 aromatic heterocycles. The molecular formula is C62H79BN2. The van der Waals surface area contributed by atoms with Crippen LogP contribution in [-0.4, -0.2) is 6.71 Å². The second kappa shape index (κ2) is 13.3. The van der Waals surface area contributed by atoms with Crippen molar-refractivity contribution in [1.29, 1.82) is 0 Å². The van der Waals surface area contributed by atoms with Gasteiger partial charge in [0, 0.05) is 34.1 Å². The van der Waals surface area contributed by atoms with E-state index in [0.717, 1.165) is 12.8 Å². The second-order valence-corrected chi connectivity index (χ2v) is 27.8. The minimum absolute atomic E-state index is 0.00748. The topological polar surface area (TPSA) is 6.48 Å². The normalized spacial score (nSPS) is 21.0. The number of hydrogen-bond acceptors (Lipinski definition) is 2. The summed E-state index contributed by atoms with van der Waals surface area (Å²) < 4.78 is 0. The molecule has 0 amide bonds. The van der Waals surface area contributed by atoms with Crippen LogP contribution in [0, 0.1) is 13.8 Å². The molecule has 0 N–H and O–H groups in total. The molecule has 0 unspecified atom stereocenters. The van der Waals surface area contributed by atoms with Gasteiger partial charge in [-0.25, -0.2) is 0 Å². The molecule has 2 heterocycles. The minimum atomic E-state index is -0.0884. The van der Waals surface area contributed by atoms with Gasteiger partial charge in [0.2, 0.25) is 0 Å². The molecule has 0 fully saturated rings. The fraction of sp³-hybridized carbons (Fsp3) is 0.516. The van der Waals surface area contributed by atoms with E-state index in [2.05, 4.69) is 215 Å². The summed E-state index contributed by atoms with van der Waals surface area (Å²) in [5, 5.41) is 0. The van der Waals surface area contributed by atoms with Crippen LogP contribution in [0.15, 0.2) is 66.7 Å². The summed E-state index contributed by atoms with van der Waals surface area (Å²) in [6, 6.07) is 28.5. The molecule has 10 rings (SSSR count). The summed E-state index contributed by atoms with van der Waals surface area (Å²) in [5.41, 5.74) is 27.3. The lowest BCUT2D eigenvalue weighted by molar-refractivity contribution is 0.332. The van der Waals surface area contributed by atoms with Crippen molar-refractivity contribution in [2.45, 2.75) is 207 Å². The van der Waals surface area contributed by atoms with Crippen molar-refractivity contribution < 1.29 is 0 Å². The predicted octanol–water partition coefficient (Wildman–Crippen LogP) is 15.2. The zero-order valence-electron chi connectivity index (χ0n) is 44.2. The van der Waals surface area contributed by atoms with E-state index in [9.17, 15) is 0 Å². The largest absolute Gasteiger partial charge is 0.311 e. The fourth-order valence-corrected chi connectivity index (χ4v) is 14.2. The minimum Gasteiger partial charge on any atom is -0.311 e. The van der Waals surface area contributed by atoms with E-state index in [1.807, 2.05) is 0 Å². The van der Waals surface area contributed by atoms with Crippen LogP contribution in [0.5, 0.6) is 0 Å². The maximum absolute atomic E-state index is 2.77.